The van der Waals surface area contributed by atoms with Crippen LogP contribution in [0.1, 0.15) is 18.9 Å². The molecule has 3 rings (SSSR count). The molecular formula is C19H25N3O3. The monoisotopic (exact) mass is 343 g/mol. The molecule has 1 aromatic rings. The largest absolute Gasteiger partial charge is 0.491 e. The maximum absolute atomic E-state index is 5.77. The molecular weight excluding hydrogens is 318 g/mol. The second-order valence-corrected chi connectivity index (χ2v) is 5.81. The van der Waals surface area contributed by atoms with Crippen LogP contribution in [0, 0.1) is 0 Å². The fraction of sp³-hybridized carbons (Fsp3) is 0.368. The molecule has 0 fully saturated rings. The van der Waals surface area contributed by atoms with E-state index in [4.69, 9.17) is 14.2 Å². The van der Waals surface area contributed by atoms with Crippen LogP contribution in [-0.4, -0.2) is 44.0 Å². The van der Waals surface area contributed by atoms with Gasteiger partial charge in [0.15, 0.2) is 0 Å². The molecule has 0 saturated carbocycles. The molecule has 25 heavy (non-hydrogen) atoms. The highest BCUT2D eigenvalue weighted by molar-refractivity contribution is 5.68. The Bertz CT molecular complexity index is 680. The first-order valence-corrected chi connectivity index (χ1v) is 8.51. The van der Waals surface area contributed by atoms with Gasteiger partial charge in [0.25, 0.3) is 0 Å². The summed E-state index contributed by atoms with van der Waals surface area (Å²) in [5, 5.41) is 7.47. The lowest BCUT2D eigenvalue weighted by molar-refractivity contribution is 0.0249. The van der Waals surface area contributed by atoms with E-state index in [2.05, 4.69) is 18.4 Å². The molecule has 1 N–H and O–H groups in total. The highest BCUT2D eigenvalue weighted by Crippen LogP contribution is 2.29. The van der Waals surface area contributed by atoms with Crippen LogP contribution in [0.4, 0.5) is 0 Å². The molecule has 0 bridgehead atoms. The summed E-state index contributed by atoms with van der Waals surface area (Å²) < 4.78 is 16.4. The Morgan fingerprint density at radius 1 is 1.00 bits per heavy atom. The zero-order valence-electron chi connectivity index (χ0n) is 15.0. The number of hydrogen-bond acceptors (Lipinski definition) is 6. The Morgan fingerprint density at radius 2 is 1.80 bits per heavy atom. The number of nitrogens with zero attached hydrogens (tertiary/aromatic N) is 2. The van der Waals surface area contributed by atoms with Crippen molar-refractivity contribution in [3.8, 4) is 5.75 Å². The van der Waals surface area contributed by atoms with E-state index in [0.717, 1.165) is 35.1 Å². The molecule has 2 aliphatic heterocycles. The summed E-state index contributed by atoms with van der Waals surface area (Å²) in [5.41, 5.74) is 2.13. The summed E-state index contributed by atoms with van der Waals surface area (Å²) in [4.78, 5) is 0. The Morgan fingerprint density at radius 3 is 2.52 bits per heavy atom. The number of nitrogens with one attached hydrogen (secondary N) is 1. The number of allylic oxidation sites excluding steroid dienone is 2. The molecule has 134 valence electrons. The minimum atomic E-state index is 0.550. The maximum Gasteiger partial charge on any atom is 0.208 e. The van der Waals surface area contributed by atoms with Gasteiger partial charge in [-0.25, -0.2) is 5.01 Å². The summed E-state index contributed by atoms with van der Waals surface area (Å²) in [7, 11) is 3.65. The number of hydrazine groups is 1. The van der Waals surface area contributed by atoms with E-state index in [1.807, 2.05) is 53.5 Å². The standard InChI is InChI=1S/C19H25N3O3/c1-4-11-25-19-10-9-18-20-17(14-22(18)21(19)2)15-5-7-16(8-6-15)24-13-12-23-3/h5-10,14,20H,4,11-13H2,1-3H3. The van der Waals surface area contributed by atoms with Crippen molar-refractivity contribution >= 4 is 5.70 Å². The smallest absolute Gasteiger partial charge is 0.208 e. The van der Waals surface area contributed by atoms with Crippen LogP contribution < -0.4 is 10.1 Å². The number of hydrogen-bond donors (Lipinski definition) is 1. The summed E-state index contributed by atoms with van der Waals surface area (Å²) in [6.45, 7) is 3.94. The SMILES string of the molecule is CCCOC1=CC=C2NC(c3ccc(OCCOC)cc3)=CN2N1C. The van der Waals surface area contributed by atoms with E-state index in [-0.39, 0.29) is 0 Å². The van der Waals surface area contributed by atoms with Gasteiger partial charge in [-0.3, -0.25) is 5.01 Å². The summed E-state index contributed by atoms with van der Waals surface area (Å²) in [6.07, 6.45) is 7.06. The van der Waals surface area contributed by atoms with Gasteiger partial charge in [-0.15, -0.1) is 0 Å². The molecule has 6 heteroatoms. The average Bonchev–Trinajstić information content (AvgIpc) is 3.07. The maximum atomic E-state index is 5.77. The van der Waals surface area contributed by atoms with Crippen molar-refractivity contribution in [1.29, 1.82) is 0 Å². The average molecular weight is 343 g/mol. The first kappa shape index (κ1) is 17.2. The van der Waals surface area contributed by atoms with Crippen LogP contribution >= 0.6 is 0 Å². The molecule has 6 nitrogen and oxygen atoms in total. The van der Waals surface area contributed by atoms with Crippen molar-refractivity contribution < 1.29 is 14.2 Å². The molecule has 0 unspecified atom stereocenters. The highest BCUT2D eigenvalue weighted by atomic mass is 16.5. The van der Waals surface area contributed by atoms with Crippen molar-refractivity contribution in [2.45, 2.75) is 13.3 Å². The molecule has 0 radical (unpaired) electrons. The minimum Gasteiger partial charge on any atom is -0.491 e. The fourth-order valence-electron chi connectivity index (χ4n) is 2.62. The van der Waals surface area contributed by atoms with Crippen LogP contribution in [0.25, 0.3) is 5.70 Å². The van der Waals surface area contributed by atoms with E-state index in [1.165, 1.54) is 0 Å². The van der Waals surface area contributed by atoms with Gasteiger partial charge in [-0.2, -0.15) is 0 Å². The number of fused-ring (bicyclic) bond motifs is 1. The lowest BCUT2D eigenvalue weighted by Gasteiger charge is -2.33. The van der Waals surface area contributed by atoms with E-state index in [1.54, 1.807) is 7.11 Å². The lowest BCUT2D eigenvalue weighted by atomic mass is 10.1. The number of rotatable bonds is 8. The van der Waals surface area contributed by atoms with E-state index in [9.17, 15) is 0 Å². The molecule has 0 atom stereocenters. The third-order valence-corrected chi connectivity index (χ3v) is 3.96. The molecule has 0 aliphatic carbocycles. The van der Waals surface area contributed by atoms with Gasteiger partial charge in [-0.1, -0.05) is 6.92 Å². The zero-order chi connectivity index (χ0) is 17.6. The zero-order valence-corrected chi connectivity index (χ0v) is 15.0. The molecule has 0 spiro atoms. The normalized spacial score (nSPS) is 15.9. The van der Waals surface area contributed by atoms with Crippen molar-refractivity contribution in [3.63, 3.8) is 0 Å². The topological polar surface area (TPSA) is 46.2 Å². The first-order valence-electron chi connectivity index (χ1n) is 8.51. The van der Waals surface area contributed by atoms with Crippen molar-refractivity contribution in [2.24, 2.45) is 0 Å². The van der Waals surface area contributed by atoms with Gasteiger partial charge in [-0.05, 0) is 42.3 Å². The Labute approximate surface area is 148 Å². The fourth-order valence-corrected chi connectivity index (χ4v) is 2.62. The van der Waals surface area contributed by atoms with Gasteiger partial charge < -0.3 is 19.5 Å². The molecule has 2 heterocycles. The van der Waals surface area contributed by atoms with Crippen LogP contribution in [0.3, 0.4) is 0 Å². The minimum absolute atomic E-state index is 0.550. The van der Waals surface area contributed by atoms with Crippen LogP contribution in [0.15, 0.2) is 54.3 Å². The van der Waals surface area contributed by atoms with Crippen molar-refractivity contribution in [3.05, 3.63) is 59.9 Å². The van der Waals surface area contributed by atoms with Gasteiger partial charge >= 0.3 is 0 Å². The Balaban J connectivity index is 1.67. The van der Waals surface area contributed by atoms with Crippen LogP contribution in [0.5, 0.6) is 5.75 Å². The molecule has 0 amide bonds. The van der Waals surface area contributed by atoms with Gasteiger partial charge in [0.2, 0.25) is 5.88 Å². The third-order valence-electron chi connectivity index (χ3n) is 3.96. The van der Waals surface area contributed by atoms with Crippen molar-refractivity contribution in [2.75, 3.05) is 34.0 Å². The third kappa shape index (κ3) is 3.91. The number of benzene rings is 1. The predicted molar refractivity (Wildman–Crippen MR) is 96.9 cm³/mol. The summed E-state index contributed by atoms with van der Waals surface area (Å²) in [6, 6.07) is 8.03. The quantitative estimate of drug-likeness (QED) is 0.733. The van der Waals surface area contributed by atoms with E-state index in [0.29, 0.717) is 19.8 Å². The van der Waals surface area contributed by atoms with E-state index >= 15 is 0 Å². The second kappa shape index (κ2) is 7.98. The summed E-state index contributed by atoms with van der Waals surface area (Å²) in [5.74, 6) is 2.68. The van der Waals surface area contributed by atoms with Crippen LogP contribution in [0.2, 0.25) is 0 Å². The number of ether oxygens (including phenoxy) is 3. The molecule has 2 aliphatic rings. The van der Waals surface area contributed by atoms with Gasteiger partial charge in [0, 0.05) is 20.2 Å². The van der Waals surface area contributed by atoms with Crippen LogP contribution in [-0.2, 0) is 9.47 Å². The summed E-state index contributed by atoms with van der Waals surface area (Å²) >= 11 is 0. The molecule has 0 aromatic heterocycles. The Kier molecular flexibility index (Phi) is 5.50. The molecule has 1 aromatic carbocycles. The number of methoxy groups -OCH3 is 1. The first-order chi connectivity index (χ1) is 12.2. The predicted octanol–water partition coefficient (Wildman–Crippen LogP) is 2.89. The highest BCUT2D eigenvalue weighted by Gasteiger charge is 2.26. The Hall–Kier alpha value is -2.60. The molecule has 0 saturated heterocycles. The van der Waals surface area contributed by atoms with Crippen molar-refractivity contribution in [1.82, 2.24) is 15.3 Å². The van der Waals surface area contributed by atoms with Gasteiger partial charge in [0.05, 0.1) is 25.1 Å². The van der Waals surface area contributed by atoms with Gasteiger partial charge in [0.1, 0.15) is 18.2 Å². The lowest BCUT2D eigenvalue weighted by Crippen LogP contribution is -2.37. The van der Waals surface area contributed by atoms with E-state index < -0.39 is 0 Å². The second-order valence-electron chi connectivity index (χ2n) is 5.81.